The van der Waals surface area contributed by atoms with Crippen LogP contribution in [-0.2, 0) is 11.3 Å². The summed E-state index contributed by atoms with van der Waals surface area (Å²) in [6.45, 7) is 6.99. The van der Waals surface area contributed by atoms with E-state index in [4.69, 9.17) is 4.42 Å². The normalized spacial score (nSPS) is 23.9. The van der Waals surface area contributed by atoms with E-state index in [2.05, 4.69) is 29.0 Å². The molecule has 0 radical (unpaired) electrons. The quantitative estimate of drug-likeness (QED) is 0.870. The van der Waals surface area contributed by atoms with Gasteiger partial charge in [0, 0.05) is 11.6 Å². The topological polar surface area (TPSA) is 58.4 Å². The number of nitrogens with one attached hydrogen (secondary N) is 1. The third-order valence-corrected chi connectivity index (χ3v) is 5.71. The van der Waals surface area contributed by atoms with E-state index in [0.717, 1.165) is 43.8 Å². The Bertz CT molecular complexity index is 745. The number of oxazole rings is 1. The second kappa shape index (κ2) is 6.30. The third kappa shape index (κ3) is 3.09. The molecule has 0 aliphatic carbocycles. The van der Waals surface area contributed by atoms with Gasteiger partial charge in [-0.15, -0.1) is 0 Å². The molecule has 2 fully saturated rings. The van der Waals surface area contributed by atoms with Gasteiger partial charge in [-0.2, -0.15) is 0 Å². The standard InChI is InChI=1S/C20H25N3O2/c1-20(2)17(22-19(20)24)14-8-10-23(11-9-14)13-16-12-21-18(25-16)15-6-4-3-5-7-15/h3-7,12,14,17H,8-11,13H2,1-2H3,(H,22,24). The summed E-state index contributed by atoms with van der Waals surface area (Å²) in [5.74, 6) is 2.37. The number of carbonyl (C=O) groups excluding carboxylic acids is 1. The smallest absolute Gasteiger partial charge is 0.228 e. The lowest BCUT2D eigenvalue weighted by Crippen LogP contribution is -2.67. The predicted octanol–water partition coefficient (Wildman–Crippen LogP) is 3.08. The van der Waals surface area contributed by atoms with Crippen LogP contribution < -0.4 is 5.32 Å². The highest BCUT2D eigenvalue weighted by molar-refractivity contribution is 5.89. The molecule has 4 rings (SSSR count). The fourth-order valence-corrected chi connectivity index (χ4v) is 4.04. The number of likely N-dealkylation sites (tertiary alicyclic amines) is 1. The zero-order chi connectivity index (χ0) is 17.4. The van der Waals surface area contributed by atoms with Crippen molar-refractivity contribution in [3.05, 3.63) is 42.3 Å². The van der Waals surface area contributed by atoms with Gasteiger partial charge in [-0.05, 0) is 57.8 Å². The highest BCUT2D eigenvalue weighted by Crippen LogP contribution is 2.38. The molecule has 3 heterocycles. The Labute approximate surface area is 148 Å². The van der Waals surface area contributed by atoms with Crippen LogP contribution in [0.2, 0.25) is 0 Å². The summed E-state index contributed by atoms with van der Waals surface area (Å²) < 4.78 is 5.92. The maximum atomic E-state index is 11.7. The number of nitrogens with zero attached hydrogens (tertiary/aromatic N) is 2. The minimum absolute atomic E-state index is 0.190. The van der Waals surface area contributed by atoms with E-state index in [1.165, 1.54) is 0 Å². The number of carbonyl (C=O) groups is 1. The van der Waals surface area contributed by atoms with Crippen LogP contribution in [0.3, 0.4) is 0 Å². The van der Waals surface area contributed by atoms with Crippen molar-refractivity contribution in [3.8, 4) is 11.5 Å². The molecule has 25 heavy (non-hydrogen) atoms. The fraction of sp³-hybridized carbons (Fsp3) is 0.500. The van der Waals surface area contributed by atoms with E-state index < -0.39 is 0 Å². The minimum Gasteiger partial charge on any atom is -0.440 e. The van der Waals surface area contributed by atoms with Crippen molar-refractivity contribution in [2.75, 3.05) is 13.1 Å². The molecule has 5 nitrogen and oxygen atoms in total. The van der Waals surface area contributed by atoms with Crippen LogP contribution in [0.4, 0.5) is 0 Å². The first-order valence-electron chi connectivity index (χ1n) is 9.07. The number of amides is 1. The fourth-order valence-electron chi connectivity index (χ4n) is 4.04. The predicted molar refractivity (Wildman–Crippen MR) is 95.7 cm³/mol. The molecule has 0 saturated carbocycles. The van der Waals surface area contributed by atoms with Gasteiger partial charge in [-0.25, -0.2) is 4.98 Å². The molecule has 1 aromatic carbocycles. The summed E-state index contributed by atoms with van der Waals surface area (Å²) in [5, 5.41) is 3.10. The maximum Gasteiger partial charge on any atom is 0.228 e. The van der Waals surface area contributed by atoms with Crippen LogP contribution in [0.25, 0.3) is 11.5 Å². The van der Waals surface area contributed by atoms with Crippen molar-refractivity contribution in [2.45, 2.75) is 39.3 Å². The van der Waals surface area contributed by atoms with E-state index in [1.807, 2.05) is 36.5 Å². The van der Waals surface area contributed by atoms with Gasteiger partial charge in [-0.3, -0.25) is 9.69 Å². The molecule has 2 aliphatic rings. The number of piperidine rings is 1. The maximum absolute atomic E-state index is 11.7. The highest BCUT2D eigenvalue weighted by atomic mass is 16.4. The van der Waals surface area contributed by atoms with Crippen LogP contribution >= 0.6 is 0 Å². The molecule has 0 spiro atoms. The van der Waals surface area contributed by atoms with Crippen molar-refractivity contribution in [3.63, 3.8) is 0 Å². The summed E-state index contributed by atoms with van der Waals surface area (Å²) >= 11 is 0. The monoisotopic (exact) mass is 339 g/mol. The lowest BCUT2D eigenvalue weighted by atomic mass is 9.68. The van der Waals surface area contributed by atoms with Crippen molar-refractivity contribution in [1.82, 2.24) is 15.2 Å². The van der Waals surface area contributed by atoms with E-state index in [9.17, 15) is 4.79 Å². The molecule has 132 valence electrons. The molecule has 1 amide bonds. The number of benzene rings is 1. The van der Waals surface area contributed by atoms with Crippen molar-refractivity contribution < 1.29 is 9.21 Å². The zero-order valence-corrected chi connectivity index (χ0v) is 14.9. The molecule has 2 aliphatic heterocycles. The first-order chi connectivity index (χ1) is 12.0. The van der Waals surface area contributed by atoms with Gasteiger partial charge in [0.15, 0.2) is 0 Å². The van der Waals surface area contributed by atoms with Gasteiger partial charge in [0.2, 0.25) is 11.8 Å². The summed E-state index contributed by atoms with van der Waals surface area (Å²) in [6, 6.07) is 10.3. The van der Waals surface area contributed by atoms with E-state index in [0.29, 0.717) is 17.9 Å². The SMILES string of the molecule is CC1(C)C(=O)NC1C1CCN(Cc2cnc(-c3ccccc3)o2)CC1. The Morgan fingerprint density at radius 1 is 1.24 bits per heavy atom. The molecular weight excluding hydrogens is 314 g/mol. The minimum atomic E-state index is -0.206. The van der Waals surface area contributed by atoms with Crippen LogP contribution in [0.1, 0.15) is 32.4 Å². The first-order valence-corrected chi connectivity index (χ1v) is 9.07. The number of hydrogen-bond acceptors (Lipinski definition) is 4. The Balaban J connectivity index is 1.32. The molecule has 5 heteroatoms. The first kappa shape index (κ1) is 16.3. The number of rotatable bonds is 4. The van der Waals surface area contributed by atoms with Crippen molar-refractivity contribution in [1.29, 1.82) is 0 Å². The van der Waals surface area contributed by atoms with E-state index in [-0.39, 0.29) is 11.3 Å². The van der Waals surface area contributed by atoms with Crippen LogP contribution in [-0.4, -0.2) is 34.9 Å². The summed E-state index contributed by atoms with van der Waals surface area (Å²) in [4.78, 5) is 18.5. The van der Waals surface area contributed by atoms with Gasteiger partial charge in [0.25, 0.3) is 0 Å². The van der Waals surface area contributed by atoms with Gasteiger partial charge < -0.3 is 9.73 Å². The second-order valence-corrected chi connectivity index (χ2v) is 7.78. The van der Waals surface area contributed by atoms with Gasteiger partial charge >= 0.3 is 0 Å². The van der Waals surface area contributed by atoms with Gasteiger partial charge in [0.1, 0.15) is 5.76 Å². The average molecular weight is 339 g/mol. The van der Waals surface area contributed by atoms with Gasteiger partial charge in [0.05, 0.1) is 18.2 Å². The molecule has 1 aromatic heterocycles. The molecule has 2 saturated heterocycles. The number of β-lactam (4-membered cyclic amide) rings is 1. The van der Waals surface area contributed by atoms with Crippen molar-refractivity contribution in [2.24, 2.45) is 11.3 Å². The lowest BCUT2D eigenvalue weighted by molar-refractivity contribution is -0.146. The highest BCUT2D eigenvalue weighted by Gasteiger charge is 2.50. The van der Waals surface area contributed by atoms with E-state index in [1.54, 1.807) is 0 Å². The van der Waals surface area contributed by atoms with E-state index >= 15 is 0 Å². The number of aromatic nitrogens is 1. The Hall–Kier alpha value is -2.14. The third-order valence-electron chi connectivity index (χ3n) is 5.71. The molecule has 0 bridgehead atoms. The molecule has 1 atom stereocenters. The zero-order valence-electron chi connectivity index (χ0n) is 14.9. The van der Waals surface area contributed by atoms with Gasteiger partial charge in [-0.1, -0.05) is 18.2 Å². The second-order valence-electron chi connectivity index (χ2n) is 7.78. The lowest BCUT2D eigenvalue weighted by Gasteiger charge is -2.50. The van der Waals surface area contributed by atoms with Crippen LogP contribution in [0.15, 0.2) is 40.9 Å². The molecule has 1 unspecified atom stereocenters. The summed E-state index contributed by atoms with van der Waals surface area (Å²) in [6.07, 6.45) is 4.08. The summed E-state index contributed by atoms with van der Waals surface area (Å²) in [5.41, 5.74) is 0.804. The Morgan fingerprint density at radius 3 is 2.60 bits per heavy atom. The summed E-state index contributed by atoms with van der Waals surface area (Å²) in [7, 11) is 0. The molecular formula is C20H25N3O2. The Morgan fingerprint density at radius 2 is 1.96 bits per heavy atom. The molecule has 2 aromatic rings. The van der Waals surface area contributed by atoms with Crippen molar-refractivity contribution >= 4 is 5.91 Å². The number of hydrogen-bond donors (Lipinski definition) is 1. The van der Waals surface area contributed by atoms with Crippen LogP contribution in [0.5, 0.6) is 0 Å². The molecule has 1 N–H and O–H groups in total. The average Bonchev–Trinajstić information content (AvgIpc) is 3.10. The Kier molecular flexibility index (Phi) is 4.12. The van der Waals surface area contributed by atoms with Crippen LogP contribution in [0, 0.1) is 11.3 Å². The largest absolute Gasteiger partial charge is 0.440 e.